The molecule has 0 atom stereocenters. The molecule has 0 amide bonds. The van der Waals surface area contributed by atoms with Crippen molar-refractivity contribution in [1.29, 1.82) is 0 Å². The second-order valence-electron chi connectivity index (χ2n) is 4.52. The summed E-state index contributed by atoms with van der Waals surface area (Å²) in [6.45, 7) is 0. The highest BCUT2D eigenvalue weighted by Crippen LogP contribution is 2.18. The number of aromatic nitrogens is 3. The van der Waals surface area contributed by atoms with Crippen molar-refractivity contribution in [2.24, 2.45) is 5.10 Å². The molecule has 0 unspecified atom stereocenters. The van der Waals surface area contributed by atoms with Gasteiger partial charge in [0.25, 0.3) is 0 Å². The predicted octanol–water partition coefficient (Wildman–Crippen LogP) is 3.50. The summed E-state index contributed by atoms with van der Waals surface area (Å²) < 4.78 is 7.34. The van der Waals surface area contributed by atoms with E-state index in [1.54, 1.807) is 18.0 Å². The van der Waals surface area contributed by atoms with Crippen LogP contribution in [0.15, 0.2) is 59.7 Å². The molecule has 110 valence electrons. The van der Waals surface area contributed by atoms with E-state index < -0.39 is 0 Å². The van der Waals surface area contributed by atoms with Gasteiger partial charge in [-0.05, 0) is 24.4 Å². The number of para-hydroxylation sites is 1. The molecule has 3 rings (SSSR count). The first-order valence-corrected chi connectivity index (χ1v) is 7.10. The monoisotopic (exact) mass is 310 g/mol. The molecule has 5 nitrogen and oxygen atoms in total. The smallest absolute Gasteiger partial charge is 0.216 e. The van der Waals surface area contributed by atoms with Crippen LogP contribution in [-0.2, 0) is 0 Å². The third-order valence-corrected chi connectivity index (χ3v) is 3.40. The molecule has 3 aromatic rings. The van der Waals surface area contributed by atoms with Crippen molar-refractivity contribution in [3.63, 3.8) is 0 Å². The lowest BCUT2D eigenvalue weighted by Crippen LogP contribution is -1.96. The van der Waals surface area contributed by atoms with E-state index in [1.165, 1.54) is 0 Å². The topological polar surface area (TPSA) is 55.2 Å². The second-order valence-corrected chi connectivity index (χ2v) is 4.90. The van der Waals surface area contributed by atoms with Gasteiger partial charge in [0.05, 0.1) is 13.3 Å². The molecule has 0 aliphatic heterocycles. The Kier molecular flexibility index (Phi) is 4.11. The van der Waals surface area contributed by atoms with Crippen molar-refractivity contribution in [3.8, 4) is 17.1 Å². The number of H-pyrrole nitrogens is 1. The summed E-state index contributed by atoms with van der Waals surface area (Å²) >= 11 is 5.25. The van der Waals surface area contributed by atoms with E-state index in [4.69, 9.17) is 17.0 Å². The van der Waals surface area contributed by atoms with E-state index in [0.29, 0.717) is 10.6 Å². The van der Waals surface area contributed by atoms with Gasteiger partial charge in [0.1, 0.15) is 5.75 Å². The Labute approximate surface area is 132 Å². The Bertz CT molecular complexity index is 852. The normalized spacial score (nSPS) is 11.0. The summed E-state index contributed by atoms with van der Waals surface area (Å²) in [7, 11) is 1.63. The largest absolute Gasteiger partial charge is 0.496 e. The van der Waals surface area contributed by atoms with Crippen LogP contribution in [0, 0.1) is 4.77 Å². The predicted molar refractivity (Wildman–Crippen MR) is 88.8 cm³/mol. The molecule has 0 saturated carbocycles. The molecular formula is C16H14N4OS. The maximum atomic E-state index is 5.31. The van der Waals surface area contributed by atoms with E-state index in [0.717, 1.165) is 16.9 Å². The fourth-order valence-corrected chi connectivity index (χ4v) is 2.25. The fraction of sp³-hybridized carbons (Fsp3) is 0.0625. The number of nitrogens with zero attached hydrogens (tertiary/aromatic N) is 3. The Morgan fingerprint density at radius 3 is 2.64 bits per heavy atom. The first-order valence-electron chi connectivity index (χ1n) is 6.70. The van der Waals surface area contributed by atoms with Crippen molar-refractivity contribution in [2.45, 2.75) is 0 Å². The molecule has 0 aliphatic rings. The zero-order valence-corrected chi connectivity index (χ0v) is 12.7. The van der Waals surface area contributed by atoms with Crippen LogP contribution in [0.5, 0.6) is 5.75 Å². The molecule has 2 aromatic carbocycles. The van der Waals surface area contributed by atoms with Crippen molar-refractivity contribution < 1.29 is 4.74 Å². The lowest BCUT2D eigenvalue weighted by molar-refractivity contribution is 0.414. The third kappa shape index (κ3) is 2.82. The highest BCUT2D eigenvalue weighted by Gasteiger charge is 2.07. The van der Waals surface area contributed by atoms with Crippen molar-refractivity contribution in [2.75, 3.05) is 7.11 Å². The summed E-state index contributed by atoms with van der Waals surface area (Å²) in [5.74, 6) is 1.42. The lowest BCUT2D eigenvalue weighted by atomic mass is 10.2. The van der Waals surface area contributed by atoms with Crippen LogP contribution in [0.1, 0.15) is 5.56 Å². The maximum absolute atomic E-state index is 5.31. The van der Waals surface area contributed by atoms with Crippen LogP contribution in [0.3, 0.4) is 0 Å². The summed E-state index contributed by atoms with van der Waals surface area (Å²) in [4.78, 5) is 0. The summed E-state index contributed by atoms with van der Waals surface area (Å²) in [6.07, 6.45) is 1.70. The molecule has 0 spiro atoms. The van der Waals surface area contributed by atoms with Crippen molar-refractivity contribution in [1.82, 2.24) is 14.9 Å². The van der Waals surface area contributed by atoms with Crippen molar-refractivity contribution in [3.05, 3.63) is 64.9 Å². The van der Waals surface area contributed by atoms with E-state index in [-0.39, 0.29) is 0 Å². The van der Waals surface area contributed by atoms with Crippen LogP contribution in [0.25, 0.3) is 11.4 Å². The van der Waals surface area contributed by atoms with Crippen LogP contribution in [0.2, 0.25) is 0 Å². The Morgan fingerprint density at radius 1 is 1.14 bits per heavy atom. The zero-order valence-electron chi connectivity index (χ0n) is 11.9. The number of methoxy groups -OCH3 is 1. The minimum atomic E-state index is 0.435. The molecule has 0 aliphatic carbocycles. The number of rotatable bonds is 4. The summed E-state index contributed by atoms with van der Waals surface area (Å²) in [5.41, 5.74) is 1.80. The summed E-state index contributed by atoms with van der Waals surface area (Å²) in [6, 6.07) is 17.4. The molecule has 22 heavy (non-hydrogen) atoms. The lowest BCUT2D eigenvalue weighted by Gasteiger charge is -2.04. The quantitative estimate of drug-likeness (QED) is 0.593. The van der Waals surface area contributed by atoms with E-state index in [2.05, 4.69) is 15.3 Å². The number of hydrogen-bond donors (Lipinski definition) is 1. The SMILES string of the molecule is COc1ccccc1/C=N\n1c(-c2ccccc2)n[nH]c1=S. The van der Waals surface area contributed by atoms with Crippen LogP contribution in [-0.4, -0.2) is 28.2 Å². The molecule has 0 bridgehead atoms. The minimum Gasteiger partial charge on any atom is -0.496 e. The van der Waals surface area contributed by atoms with E-state index in [9.17, 15) is 0 Å². The van der Waals surface area contributed by atoms with Gasteiger partial charge in [-0.2, -0.15) is 14.9 Å². The molecule has 0 saturated heterocycles. The van der Waals surface area contributed by atoms with Gasteiger partial charge in [-0.1, -0.05) is 42.5 Å². The minimum absolute atomic E-state index is 0.435. The molecule has 1 aromatic heterocycles. The molecule has 0 radical (unpaired) electrons. The van der Waals surface area contributed by atoms with Crippen molar-refractivity contribution >= 4 is 18.4 Å². The fourth-order valence-electron chi connectivity index (χ4n) is 2.07. The Hall–Kier alpha value is -2.73. The number of benzene rings is 2. The standard InChI is InChI=1S/C16H14N4OS/c1-21-14-10-6-5-9-13(14)11-17-20-15(18-19-16(20)22)12-7-3-2-4-8-12/h2-11H,1H3,(H,19,22)/b17-11-. The molecule has 0 fully saturated rings. The molecule has 1 N–H and O–H groups in total. The van der Waals surface area contributed by atoms with Gasteiger partial charge in [0, 0.05) is 11.1 Å². The van der Waals surface area contributed by atoms with Crippen LogP contribution < -0.4 is 4.74 Å². The van der Waals surface area contributed by atoms with E-state index in [1.807, 2.05) is 54.6 Å². The van der Waals surface area contributed by atoms with E-state index >= 15 is 0 Å². The highest BCUT2D eigenvalue weighted by molar-refractivity contribution is 7.71. The second kappa shape index (κ2) is 6.36. The average Bonchev–Trinajstić information content (AvgIpc) is 2.95. The highest BCUT2D eigenvalue weighted by atomic mass is 32.1. The first-order chi connectivity index (χ1) is 10.8. The van der Waals surface area contributed by atoms with Gasteiger partial charge in [0.15, 0.2) is 5.82 Å². The number of nitrogens with one attached hydrogen (secondary N) is 1. The van der Waals surface area contributed by atoms with Gasteiger partial charge in [-0.25, -0.2) is 5.10 Å². The third-order valence-electron chi connectivity index (χ3n) is 3.13. The van der Waals surface area contributed by atoms with Gasteiger partial charge >= 0.3 is 0 Å². The van der Waals surface area contributed by atoms with Crippen LogP contribution >= 0.6 is 12.2 Å². The van der Waals surface area contributed by atoms with Gasteiger partial charge < -0.3 is 4.74 Å². The average molecular weight is 310 g/mol. The van der Waals surface area contributed by atoms with Gasteiger partial charge in [-0.3, -0.25) is 0 Å². The zero-order chi connectivity index (χ0) is 15.4. The Morgan fingerprint density at radius 2 is 1.86 bits per heavy atom. The van der Waals surface area contributed by atoms with Crippen LogP contribution in [0.4, 0.5) is 0 Å². The summed E-state index contributed by atoms with van der Waals surface area (Å²) in [5, 5.41) is 11.4. The number of aromatic amines is 1. The van der Waals surface area contributed by atoms with Gasteiger partial charge in [-0.15, -0.1) is 0 Å². The molecule has 6 heteroatoms. The first kappa shape index (κ1) is 14.2. The maximum Gasteiger partial charge on any atom is 0.216 e. The Balaban J connectivity index is 2.01. The molecule has 1 heterocycles. The number of hydrogen-bond acceptors (Lipinski definition) is 4. The van der Waals surface area contributed by atoms with Gasteiger partial charge in [0.2, 0.25) is 4.77 Å². The molecular weight excluding hydrogens is 296 g/mol. The number of ether oxygens (including phenoxy) is 1.